The van der Waals surface area contributed by atoms with Crippen LogP contribution in [0.5, 0.6) is 0 Å². The van der Waals surface area contributed by atoms with E-state index >= 15 is 0 Å². The maximum atomic E-state index is 12.6. The van der Waals surface area contributed by atoms with Gasteiger partial charge in [-0.25, -0.2) is 9.69 Å². The lowest BCUT2D eigenvalue weighted by Gasteiger charge is -2.13. The standard InChI is InChI=1S/C17H15NO4S/c1-3-10-9-13(17(21)22-4-2)16(23-10)18-14(19)11-7-5-6-8-12(11)15(18)20/h5-9H,3-4H2,1-2H3. The van der Waals surface area contributed by atoms with Crippen LogP contribution in [-0.2, 0) is 11.2 Å². The van der Waals surface area contributed by atoms with Gasteiger partial charge >= 0.3 is 5.97 Å². The smallest absolute Gasteiger partial charge is 0.341 e. The highest BCUT2D eigenvalue weighted by atomic mass is 32.1. The van der Waals surface area contributed by atoms with E-state index in [1.807, 2.05) is 6.92 Å². The van der Waals surface area contributed by atoms with E-state index in [2.05, 4.69) is 0 Å². The zero-order chi connectivity index (χ0) is 16.6. The summed E-state index contributed by atoms with van der Waals surface area (Å²) in [5.41, 5.74) is 0.987. The number of hydrogen-bond acceptors (Lipinski definition) is 5. The van der Waals surface area contributed by atoms with Crippen molar-refractivity contribution < 1.29 is 19.1 Å². The molecule has 0 aliphatic carbocycles. The number of carbonyl (C=O) groups is 3. The van der Waals surface area contributed by atoms with Crippen LogP contribution >= 0.6 is 11.3 Å². The molecule has 6 heteroatoms. The predicted molar refractivity (Wildman–Crippen MR) is 87.2 cm³/mol. The van der Waals surface area contributed by atoms with Gasteiger partial charge in [-0.15, -0.1) is 11.3 Å². The summed E-state index contributed by atoms with van der Waals surface area (Å²) < 4.78 is 5.05. The van der Waals surface area contributed by atoms with Crippen LogP contribution in [0.2, 0.25) is 0 Å². The Hall–Kier alpha value is -2.47. The third kappa shape index (κ3) is 2.45. The summed E-state index contributed by atoms with van der Waals surface area (Å²) in [5, 5.41) is 0.339. The third-order valence-corrected chi connectivity index (χ3v) is 4.87. The molecule has 1 aromatic heterocycles. The number of anilines is 1. The predicted octanol–water partition coefficient (Wildman–Crippen LogP) is 3.29. The SMILES string of the molecule is CCOC(=O)c1cc(CC)sc1N1C(=O)c2ccccc2C1=O. The van der Waals surface area contributed by atoms with Gasteiger partial charge in [-0.2, -0.15) is 0 Å². The van der Waals surface area contributed by atoms with Gasteiger partial charge in [0.25, 0.3) is 11.8 Å². The van der Waals surface area contributed by atoms with Crippen molar-refractivity contribution in [1.29, 1.82) is 0 Å². The molecule has 0 saturated carbocycles. The van der Waals surface area contributed by atoms with Gasteiger partial charge in [0.15, 0.2) is 0 Å². The summed E-state index contributed by atoms with van der Waals surface area (Å²) in [6, 6.07) is 8.36. The van der Waals surface area contributed by atoms with Gasteiger partial charge in [0.2, 0.25) is 0 Å². The molecule has 118 valence electrons. The van der Waals surface area contributed by atoms with Crippen LogP contribution in [0.1, 0.15) is 49.8 Å². The molecule has 1 aliphatic rings. The van der Waals surface area contributed by atoms with Gasteiger partial charge in [-0.05, 0) is 31.5 Å². The molecule has 0 N–H and O–H groups in total. The number of thiophene rings is 1. The summed E-state index contributed by atoms with van der Waals surface area (Å²) in [5.74, 6) is -1.32. The van der Waals surface area contributed by atoms with Crippen molar-refractivity contribution in [2.75, 3.05) is 11.5 Å². The average molecular weight is 329 g/mol. The minimum Gasteiger partial charge on any atom is -0.462 e. The topological polar surface area (TPSA) is 63.7 Å². The van der Waals surface area contributed by atoms with Crippen molar-refractivity contribution in [3.63, 3.8) is 0 Å². The van der Waals surface area contributed by atoms with Crippen LogP contribution in [0, 0.1) is 0 Å². The molecule has 2 aromatic rings. The maximum absolute atomic E-state index is 12.6. The Morgan fingerprint density at radius 1 is 1.13 bits per heavy atom. The van der Waals surface area contributed by atoms with Gasteiger partial charge in [0.05, 0.1) is 23.3 Å². The number of hydrogen-bond donors (Lipinski definition) is 0. The van der Waals surface area contributed by atoms with Crippen LogP contribution < -0.4 is 4.90 Å². The second kappa shape index (κ2) is 5.96. The first kappa shape index (κ1) is 15.4. The van der Waals surface area contributed by atoms with Crippen LogP contribution in [-0.4, -0.2) is 24.4 Å². The van der Waals surface area contributed by atoms with Gasteiger partial charge in [-0.1, -0.05) is 19.1 Å². The number of ether oxygens (including phenoxy) is 1. The maximum Gasteiger partial charge on any atom is 0.341 e. The lowest BCUT2D eigenvalue weighted by atomic mass is 10.1. The van der Waals surface area contributed by atoms with Crippen molar-refractivity contribution in [3.8, 4) is 0 Å². The number of nitrogens with zero attached hydrogens (tertiary/aromatic N) is 1. The second-order valence-corrected chi connectivity index (χ2v) is 6.11. The molecule has 0 saturated heterocycles. The molecule has 3 rings (SSSR count). The van der Waals surface area contributed by atoms with E-state index in [-0.39, 0.29) is 12.2 Å². The van der Waals surface area contributed by atoms with Crippen LogP contribution in [0.15, 0.2) is 30.3 Å². The minimum absolute atomic E-state index is 0.234. The zero-order valence-electron chi connectivity index (χ0n) is 12.8. The van der Waals surface area contributed by atoms with Crippen molar-refractivity contribution >= 4 is 34.1 Å². The Balaban J connectivity index is 2.09. The quantitative estimate of drug-likeness (QED) is 0.638. The molecule has 0 radical (unpaired) electrons. The van der Waals surface area contributed by atoms with E-state index in [1.54, 1.807) is 37.3 Å². The Morgan fingerprint density at radius 3 is 2.26 bits per heavy atom. The molecule has 0 unspecified atom stereocenters. The highest BCUT2D eigenvalue weighted by Gasteiger charge is 2.39. The fraction of sp³-hybridized carbons (Fsp3) is 0.235. The van der Waals surface area contributed by atoms with Gasteiger partial charge in [-0.3, -0.25) is 9.59 Å². The molecule has 1 aliphatic heterocycles. The molecule has 1 aromatic carbocycles. The summed E-state index contributed by atoms with van der Waals surface area (Å²) in [4.78, 5) is 39.4. The summed E-state index contributed by atoms with van der Waals surface area (Å²) in [6.45, 7) is 3.90. The lowest BCUT2D eigenvalue weighted by molar-refractivity contribution is 0.0528. The number of rotatable bonds is 4. The van der Waals surface area contributed by atoms with Crippen LogP contribution in [0.4, 0.5) is 5.00 Å². The third-order valence-electron chi connectivity index (χ3n) is 3.60. The number of amides is 2. The number of fused-ring (bicyclic) bond motifs is 1. The number of benzene rings is 1. The molecule has 0 atom stereocenters. The van der Waals surface area contributed by atoms with E-state index in [0.29, 0.717) is 22.5 Å². The Labute approximate surface area is 137 Å². The Bertz CT molecular complexity index is 774. The highest BCUT2D eigenvalue weighted by molar-refractivity contribution is 7.17. The highest BCUT2D eigenvalue weighted by Crippen LogP contribution is 2.37. The molecule has 23 heavy (non-hydrogen) atoms. The minimum atomic E-state index is -0.519. The normalized spacial score (nSPS) is 13.4. The first-order chi connectivity index (χ1) is 11.1. The van der Waals surface area contributed by atoms with E-state index < -0.39 is 17.8 Å². The van der Waals surface area contributed by atoms with Crippen molar-refractivity contribution in [3.05, 3.63) is 51.9 Å². The number of carbonyl (C=O) groups excluding carboxylic acids is 3. The molecule has 2 heterocycles. The van der Waals surface area contributed by atoms with E-state index in [4.69, 9.17) is 4.74 Å². The van der Waals surface area contributed by atoms with E-state index in [9.17, 15) is 14.4 Å². The summed E-state index contributed by atoms with van der Waals surface area (Å²) >= 11 is 1.27. The summed E-state index contributed by atoms with van der Waals surface area (Å²) in [7, 11) is 0. The first-order valence-corrected chi connectivity index (χ1v) is 8.17. The molecular weight excluding hydrogens is 314 g/mol. The summed E-state index contributed by atoms with van der Waals surface area (Å²) in [6.07, 6.45) is 0.709. The largest absolute Gasteiger partial charge is 0.462 e. The van der Waals surface area contributed by atoms with Gasteiger partial charge in [0.1, 0.15) is 5.00 Å². The molecule has 0 fully saturated rings. The van der Waals surface area contributed by atoms with Crippen LogP contribution in [0.3, 0.4) is 0 Å². The molecule has 5 nitrogen and oxygen atoms in total. The average Bonchev–Trinajstić information content (AvgIpc) is 3.08. The van der Waals surface area contributed by atoms with E-state index in [1.165, 1.54) is 11.3 Å². The van der Waals surface area contributed by atoms with Crippen molar-refractivity contribution in [1.82, 2.24) is 0 Å². The van der Waals surface area contributed by atoms with Crippen molar-refractivity contribution in [2.24, 2.45) is 0 Å². The number of imide groups is 1. The lowest BCUT2D eigenvalue weighted by Crippen LogP contribution is -2.30. The molecular formula is C17H15NO4S. The molecule has 2 amide bonds. The van der Waals surface area contributed by atoms with Crippen LogP contribution in [0.25, 0.3) is 0 Å². The number of aryl methyl sites for hydroxylation is 1. The number of esters is 1. The first-order valence-electron chi connectivity index (χ1n) is 7.36. The Morgan fingerprint density at radius 2 is 1.74 bits per heavy atom. The second-order valence-electron chi connectivity index (χ2n) is 5.00. The monoisotopic (exact) mass is 329 g/mol. The zero-order valence-corrected chi connectivity index (χ0v) is 13.6. The molecule has 0 bridgehead atoms. The fourth-order valence-electron chi connectivity index (χ4n) is 2.50. The fourth-order valence-corrected chi connectivity index (χ4v) is 3.58. The van der Waals surface area contributed by atoms with Crippen molar-refractivity contribution in [2.45, 2.75) is 20.3 Å². The van der Waals surface area contributed by atoms with E-state index in [0.717, 1.165) is 9.78 Å². The van der Waals surface area contributed by atoms with Gasteiger partial charge in [0, 0.05) is 4.88 Å². The molecule has 0 spiro atoms. The Kier molecular flexibility index (Phi) is 4.00. The van der Waals surface area contributed by atoms with Gasteiger partial charge < -0.3 is 4.74 Å².